The van der Waals surface area contributed by atoms with Crippen molar-refractivity contribution in [2.75, 3.05) is 19.1 Å². The van der Waals surface area contributed by atoms with Crippen molar-refractivity contribution in [2.45, 2.75) is 13.0 Å². The first kappa shape index (κ1) is 19.5. The van der Waals surface area contributed by atoms with E-state index in [-0.39, 0.29) is 5.56 Å². The van der Waals surface area contributed by atoms with Crippen LogP contribution in [-0.4, -0.2) is 39.3 Å². The van der Waals surface area contributed by atoms with Gasteiger partial charge in [-0.2, -0.15) is 10.2 Å². The van der Waals surface area contributed by atoms with E-state index in [1.165, 1.54) is 0 Å². The van der Waals surface area contributed by atoms with Crippen LogP contribution in [0.5, 0.6) is 0 Å². The summed E-state index contributed by atoms with van der Waals surface area (Å²) in [7, 11) is 1.64. The minimum atomic E-state index is -0.105. The van der Waals surface area contributed by atoms with Crippen LogP contribution in [0.3, 0.4) is 0 Å². The van der Waals surface area contributed by atoms with Gasteiger partial charge in [-0.25, -0.2) is 15.1 Å². The van der Waals surface area contributed by atoms with Gasteiger partial charge in [-0.1, -0.05) is 30.3 Å². The number of nitrogens with zero attached hydrogens (tertiary/aromatic N) is 5. The molecule has 0 aliphatic carbocycles. The Balaban J connectivity index is 1.57. The lowest BCUT2D eigenvalue weighted by atomic mass is 10.2. The summed E-state index contributed by atoms with van der Waals surface area (Å²) < 4.78 is 8.48. The number of aromatic nitrogens is 4. The predicted octanol–water partition coefficient (Wildman–Crippen LogP) is 3.06. The van der Waals surface area contributed by atoms with Gasteiger partial charge in [0.1, 0.15) is 0 Å². The molecule has 0 unspecified atom stereocenters. The van der Waals surface area contributed by atoms with Gasteiger partial charge in [0.05, 0.1) is 29.0 Å². The highest BCUT2D eigenvalue weighted by Gasteiger charge is 2.10. The molecule has 30 heavy (non-hydrogen) atoms. The van der Waals surface area contributed by atoms with Gasteiger partial charge in [0.2, 0.25) is 5.95 Å². The molecule has 0 amide bonds. The van der Waals surface area contributed by atoms with Crippen LogP contribution in [-0.2, 0) is 11.3 Å². The van der Waals surface area contributed by atoms with E-state index >= 15 is 0 Å². The fourth-order valence-electron chi connectivity index (χ4n) is 3.12. The van der Waals surface area contributed by atoms with Crippen molar-refractivity contribution in [3.8, 4) is 5.69 Å². The maximum atomic E-state index is 12.9. The molecule has 152 valence electrons. The highest BCUT2D eigenvalue weighted by Crippen LogP contribution is 2.12. The standard InChI is InChI=1S/C22H22N6O2/c1-30-13-7-12-27-21(29)19-10-5-6-11-20(19)25-22(27)26-23-14-17-15-24-28(16-17)18-8-3-2-4-9-18/h2-6,8-11,14-16H,7,12-13H2,1H3,(H,25,26)/b23-14-. The number of para-hydroxylation sites is 2. The number of hydrogen-bond acceptors (Lipinski definition) is 6. The molecule has 8 nitrogen and oxygen atoms in total. The monoisotopic (exact) mass is 402 g/mol. The first-order chi connectivity index (χ1) is 14.8. The highest BCUT2D eigenvalue weighted by atomic mass is 16.5. The molecule has 0 spiro atoms. The van der Waals surface area contributed by atoms with Gasteiger partial charge < -0.3 is 4.74 Å². The van der Waals surface area contributed by atoms with Crippen molar-refractivity contribution < 1.29 is 4.74 Å². The lowest BCUT2D eigenvalue weighted by Gasteiger charge is -2.12. The SMILES string of the molecule is COCCCn1c(N/N=C\c2cnn(-c3ccccc3)c2)nc2ccccc2c1=O. The average molecular weight is 402 g/mol. The van der Waals surface area contributed by atoms with Gasteiger partial charge in [0.15, 0.2) is 0 Å². The van der Waals surface area contributed by atoms with Crippen LogP contribution >= 0.6 is 0 Å². The second-order valence-corrected chi connectivity index (χ2v) is 6.68. The Kier molecular flexibility index (Phi) is 5.95. The minimum Gasteiger partial charge on any atom is -0.385 e. The van der Waals surface area contributed by atoms with Crippen molar-refractivity contribution in [3.63, 3.8) is 0 Å². The topological polar surface area (TPSA) is 86.3 Å². The summed E-state index contributed by atoms with van der Waals surface area (Å²) in [6, 6.07) is 17.1. The highest BCUT2D eigenvalue weighted by molar-refractivity contribution is 5.80. The van der Waals surface area contributed by atoms with Crippen LogP contribution < -0.4 is 11.0 Å². The van der Waals surface area contributed by atoms with Crippen LogP contribution in [0.1, 0.15) is 12.0 Å². The summed E-state index contributed by atoms with van der Waals surface area (Å²) in [6.45, 7) is 1.04. The van der Waals surface area contributed by atoms with E-state index in [9.17, 15) is 4.79 Å². The van der Waals surface area contributed by atoms with Gasteiger partial charge in [0.25, 0.3) is 5.56 Å². The Bertz CT molecular complexity index is 1210. The molecule has 4 rings (SSSR count). The zero-order valence-corrected chi connectivity index (χ0v) is 16.6. The van der Waals surface area contributed by atoms with E-state index < -0.39 is 0 Å². The smallest absolute Gasteiger partial charge is 0.262 e. The molecular weight excluding hydrogens is 380 g/mol. The Morgan fingerprint density at radius 1 is 1.13 bits per heavy atom. The number of rotatable bonds is 8. The molecule has 0 aliphatic heterocycles. The van der Waals surface area contributed by atoms with Gasteiger partial charge >= 0.3 is 0 Å². The number of hydrogen-bond donors (Lipinski definition) is 1. The summed E-state index contributed by atoms with van der Waals surface area (Å²) in [5, 5.41) is 9.20. The number of benzene rings is 2. The van der Waals surface area contributed by atoms with Crippen LogP contribution in [0.4, 0.5) is 5.95 Å². The number of nitrogens with one attached hydrogen (secondary N) is 1. The summed E-state index contributed by atoms with van der Waals surface area (Å²) in [5.74, 6) is 0.390. The van der Waals surface area contributed by atoms with Gasteiger partial charge in [0, 0.05) is 32.0 Å². The molecule has 0 saturated carbocycles. The van der Waals surface area contributed by atoms with Gasteiger partial charge in [-0.05, 0) is 30.7 Å². The van der Waals surface area contributed by atoms with E-state index in [1.54, 1.807) is 34.8 Å². The second kappa shape index (κ2) is 9.15. The molecule has 2 aromatic carbocycles. The molecule has 0 bridgehead atoms. The molecule has 0 fully saturated rings. The predicted molar refractivity (Wildman–Crippen MR) is 117 cm³/mol. The molecule has 0 saturated heterocycles. The van der Waals surface area contributed by atoms with Crippen molar-refractivity contribution in [2.24, 2.45) is 5.10 Å². The van der Waals surface area contributed by atoms with E-state index in [0.29, 0.717) is 36.4 Å². The zero-order valence-electron chi connectivity index (χ0n) is 16.6. The van der Waals surface area contributed by atoms with E-state index in [1.807, 2.05) is 54.7 Å². The lowest BCUT2D eigenvalue weighted by molar-refractivity contribution is 0.190. The number of anilines is 1. The third kappa shape index (κ3) is 4.28. The Hall–Kier alpha value is -3.78. The van der Waals surface area contributed by atoms with Crippen molar-refractivity contribution in [1.82, 2.24) is 19.3 Å². The molecule has 0 atom stereocenters. The summed E-state index contributed by atoms with van der Waals surface area (Å²) in [5.41, 5.74) is 5.22. The first-order valence-corrected chi connectivity index (χ1v) is 9.64. The Labute approximate surface area is 173 Å². The van der Waals surface area contributed by atoms with Crippen LogP contribution in [0.25, 0.3) is 16.6 Å². The number of ether oxygens (including phenoxy) is 1. The third-order valence-corrected chi connectivity index (χ3v) is 4.59. The van der Waals surface area contributed by atoms with E-state index in [0.717, 1.165) is 11.3 Å². The largest absolute Gasteiger partial charge is 0.385 e. The van der Waals surface area contributed by atoms with Gasteiger partial charge in [-0.15, -0.1) is 0 Å². The zero-order chi connectivity index (χ0) is 20.8. The van der Waals surface area contributed by atoms with Gasteiger partial charge in [-0.3, -0.25) is 9.36 Å². The minimum absolute atomic E-state index is 0.105. The molecular formula is C22H22N6O2. The number of methoxy groups -OCH3 is 1. The maximum absolute atomic E-state index is 12.9. The lowest BCUT2D eigenvalue weighted by Crippen LogP contribution is -2.24. The molecule has 4 aromatic rings. The summed E-state index contributed by atoms with van der Waals surface area (Å²) >= 11 is 0. The molecule has 0 aliphatic rings. The van der Waals surface area contributed by atoms with E-state index in [4.69, 9.17) is 4.74 Å². The van der Waals surface area contributed by atoms with Crippen molar-refractivity contribution in [1.29, 1.82) is 0 Å². The van der Waals surface area contributed by atoms with Crippen LogP contribution in [0, 0.1) is 0 Å². The summed E-state index contributed by atoms with van der Waals surface area (Å²) in [4.78, 5) is 17.5. The molecule has 1 N–H and O–H groups in total. The fraction of sp³-hybridized carbons (Fsp3) is 0.182. The number of hydrazone groups is 1. The normalized spacial score (nSPS) is 11.4. The average Bonchev–Trinajstić information content (AvgIpc) is 3.25. The Morgan fingerprint density at radius 2 is 1.93 bits per heavy atom. The van der Waals surface area contributed by atoms with Crippen molar-refractivity contribution >= 4 is 23.1 Å². The van der Waals surface area contributed by atoms with Crippen LogP contribution in [0.15, 0.2) is 76.9 Å². The first-order valence-electron chi connectivity index (χ1n) is 9.64. The fourth-order valence-corrected chi connectivity index (χ4v) is 3.12. The molecule has 0 radical (unpaired) electrons. The third-order valence-electron chi connectivity index (χ3n) is 4.59. The molecule has 2 aromatic heterocycles. The maximum Gasteiger partial charge on any atom is 0.262 e. The van der Waals surface area contributed by atoms with Crippen molar-refractivity contribution in [3.05, 3.63) is 82.9 Å². The second-order valence-electron chi connectivity index (χ2n) is 6.68. The summed E-state index contributed by atoms with van der Waals surface area (Å²) in [6.07, 6.45) is 5.93. The molecule has 8 heteroatoms. The van der Waals surface area contributed by atoms with E-state index in [2.05, 4.69) is 20.6 Å². The Morgan fingerprint density at radius 3 is 2.77 bits per heavy atom. The molecule has 2 heterocycles. The van der Waals surface area contributed by atoms with Crippen LogP contribution in [0.2, 0.25) is 0 Å². The number of fused-ring (bicyclic) bond motifs is 1. The quantitative estimate of drug-likeness (QED) is 0.278.